The first kappa shape index (κ1) is 29.7. The summed E-state index contributed by atoms with van der Waals surface area (Å²) in [7, 11) is 0. The van der Waals surface area contributed by atoms with Gasteiger partial charge in [0.15, 0.2) is 12.6 Å². The summed E-state index contributed by atoms with van der Waals surface area (Å²) in [6, 6.07) is 10.3. The molecule has 0 amide bonds. The molecule has 1 aromatic carbocycles. The van der Waals surface area contributed by atoms with Crippen LogP contribution in [-0.4, -0.2) is 54.9 Å². The second-order valence-electron chi connectivity index (χ2n) is 10.9. The van der Waals surface area contributed by atoms with Gasteiger partial charge in [0.1, 0.15) is 5.78 Å². The fourth-order valence-electron chi connectivity index (χ4n) is 5.67. The van der Waals surface area contributed by atoms with E-state index in [0.29, 0.717) is 38.7 Å². The number of hydrogen-bond donors (Lipinski definition) is 1. The lowest BCUT2D eigenvalue weighted by Crippen LogP contribution is -2.31. The lowest BCUT2D eigenvalue weighted by molar-refractivity contribution is -0.195. The Hall–Kier alpha value is -2.32. The Morgan fingerprint density at radius 1 is 1.03 bits per heavy atom. The number of Topliss-reactive ketones (excluding diaryl/α,β-unsaturated/α-hetero) is 1. The monoisotopic (exact) mass is 540 g/mol. The number of unbranched alkanes of at least 4 members (excludes halogenated alkanes) is 1. The van der Waals surface area contributed by atoms with E-state index < -0.39 is 5.97 Å². The summed E-state index contributed by atoms with van der Waals surface area (Å²) in [5.41, 5.74) is 1.18. The highest BCUT2D eigenvalue weighted by Crippen LogP contribution is 2.37. The molecule has 214 valence electrons. The van der Waals surface area contributed by atoms with Crippen molar-refractivity contribution in [3.05, 3.63) is 60.2 Å². The van der Waals surface area contributed by atoms with Crippen molar-refractivity contribution in [1.82, 2.24) is 0 Å². The maximum atomic E-state index is 13.3. The number of aliphatic carboxylic acids is 1. The largest absolute Gasteiger partial charge is 0.481 e. The van der Waals surface area contributed by atoms with E-state index in [0.717, 1.165) is 45.1 Å². The minimum Gasteiger partial charge on any atom is -0.481 e. The van der Waals surface area contributed by atoms with Crippen LogP contribution in [0.15, 0.2) is 54.6 Å². The van der Waals surface area contributed by atoms with E-state index in [1.807, 2.05) is 30.4 Å². The number of carboxylic acids is 1. The maximum absolute atomic E-state index is 13.3. The Bertz CT molecular complexity index is 931. The smallest absolute Gasteiger partial charge is 0.303 e. The van der Waals surface area contributed by atoms with Crippen LogP contribution in [0.25, 0.3) is 0 Å². The van der Waals surface area contributed by atoms with Crippen LogP contribution in [0.2, 0.25) is 0 Å². The molecule has 39 heavy (non-hydrogen) atoms. The zero-order valence-electron chi connectivity index (χ0n) is 23.0. The van der Waals surface area contributed by atoms with Crippen molar-refractivity contribution in [3.8, 4) is 0 Å². The Kier molecular flexibility index (Phi) is 12.2. The van der Waals surface area contributed by atoms with Crippen LogP contribution in [-0.2, 0) is 35.0 Å². The Labute approximate surface area is 232 Å². The molecule has 1 aliphatic carbocycles. The third-order valence-corrected chi connectivity index (χ3v) is 7.79. The van der Waals surface area contributed by atoms with Crippen LogP contribution in [0.5, 0.6) is 0 Å². The molecule has 2 saturated heterocycles. The summed E-state index contributed by atoms with van der Waals surface area (Å²) < 4.78 is 24.4. The van der Waals surface area contributed by atoms with E-state index in [1.54, 1.807) is 0 Å². The van der Waals surface area contributed by atoms with Crippen molar-refractivity contribution >= 4 is 11.8 Å². The number of ether oxygens (including phenoxy) is 4. The fourth-order valence-corrected chi connectivity index (χ4v) is 5.67. The van der Waals surface area contributed by atoms with Gasteiger partial charge in [-0.25, -0.2) is 0 Å². The molecule has 7 nitrogen and oxygen atoms in total. The third kappa shape index (κ3) is 9.98. The minimum atomic E-state index is -0.776. The molecule has 1 saturated carbocycles. The number of hydrogen-bond acceptors (Lipinski definition) is 6. The van der Waals surface area contributed by atoms with Crippen LogP contribution >= 0.6 is 0 Å². The Morgan fingerprint density at radius 2 is 1.77 bits per heavy atom. The zero-order chi connectivity index (χ0) is 27.3. The molecule has 0 radical (unpaired) electrons. The first-order valence-electron chi connectivity index (χ1n) is 14.7. The van der Waals surface area contributed by atoms with Gasteiger partial charge in [-0.1, -0.05) is 54.6 Å². The quantitative estimate of drug-likeness (QED) is 0.228. The second kappa shape index (κ2) is 16.1. The first-order chi connectivity index (χ1) is 19.1. The lowest BCUT2D eigenvalue weighted by atomic mass is 9.89. The van der Waals surface area contributed by atoms with Crippen LogP contribution in [0.4, 0.5) is 0 Å². The molecule has 0 spiro atoms. The van der Waals surface area contributed by atoms with E-state index in [4.69, 9.17) is 24.1 Å². The van der Waals surface area contributed by atoms with Crippen LogP contribution < -0.4 is 0 Å². The SMILES string of the molecule is O=C(O)CCC/C=C\C[C@H]1[C@@H](OC2CCCCO2)CC(=O)[C@@H]1/C=C/[C@H](Cc1ccccc1)OC1CCCCO1. The van der Waals surface area contributed by atoms with Gasteiger partial charge >= 0.3 is 5.97 Å². The summed E-state index contributed by atoms with van der Waals surface area (Å²) in [6.07, 6.45) is 16.6. The molecule has 4 rings (SSSR count). The molecule has 7 heteroatoms. The molecule has 1 aromatic rings. The van der Waals surface area contributed by atoms with Gasteiger partial charge in [-0.2, -0.15) is 0 Å². The van der Waals surface area contributed by atoms with E-state index in [9.17, 15) is 9.59 Å². The Morgan fingerprint density at radius 3 is 2.46 bits per heavy atom. The number of allylic oxidation sites excluding steroid dienone is 3. The van der Waals surface area contributed by atoms with Gasteiger partial charge < -0.3 is 24.1 Å². The highest BCUT2D eigenvalue weighted by atomic mass is 16.7. The van der Waals surface area contributed by atoms with Crippen LogP contribution in [0.1, 0.15) is 76.2 Å². The fraction of sp³-hybridized carbons (Fsp3) is 0.625. The molecule has 2 heterocycles. The van der Waals surface area contributed by atoms with Gasteiger partial charge in [-0.15, -0.1) is 0 Å². The molecule has 0 bridgehead atoms. The van der Waals surface area contributed by atoms with Crippen molar-refractivity contribution in [3.63, 3.8) is 0 Å². The van der Waals surface area contributed by atoms with Crippen LogP contribution in [0, 0.1) is 11.8 Å². The summed E-state index contributed by atoms with van der Waals surface area (Å²) in [4.78, 5) is 24.1. The van der Waals surface area contributed by atoms with Gasteiger partial charge in [0.05, 0.1) is 12.2 Å². The highest BCUT2D eigenvalue weighted by molar-refractivity contribution is 5.86. The molecule has 6 atom stereocenters. The summed E-state index contributed by atoms with van der Waals surface area (Å²) in [5, 5.41) is 8.88. The molecular weight excluding hydrogens is 496 g/mol. The third-order valence-electron chi connectivity index (χ3n) is 7.79. The first-order valence-corrected chi connectivity index (χ1v) is 14.7. The van der Waals surface area contributed by atoms with Gasteiger partial charge in [-0.3, -0.25) is 9.59 Å². The molecule has 2 unspecified atom stereocenters. The van der Waals surface area contributed by atoms with E-state index in [-0.39, 0.29) is 48.8 Å². The van der Waals surface area contributed by atoms with Crippen molar-refractivity contribution in [1.29, 1.82) is 0 Å². The Balaban J connectivity index is 1.45. The number of rotatable bonds is 14. The number of carboxylic acid groups (broad SMARTS) is 1. The highest BCUT2D eigenvalue weighted by Gasteiger charge is 2.42. The maximum Gasteiger partial charge on any atom is 0.303 e. The molecule has 2 aliphatic heterocycles. The summed E-state index contributed by atoms with van der Waals surface area (Å²) in [5.74, 6) is -0.861. The van der Waals surface area contributed by atoms with Crippen molar-refractivity contribution in [2.24, 2.45) is 11.8 Å². The number of benzene rings is 1. The molecule has 3 fully saturated rings. The standard InChI is InChI=1S/C32H44O7/c33-28-23-29(39-32-17-9-11-21-37-32)27(14-6-1-2-7-15-30(34)35)26(28)19-18-25(22-24-12-4-3-5-13-24)38-31-16-8-10-20-36-31/h1,3-6,12-13,18-19,25-27,29,31-32H,2,7-11,14-17,20-23H2,(H,34,35)/b6-1-,19-18+/t25-,26-,27-,29+,31?,32?/m1/s1. The second-order valence-corrected chi connectivity index (χ2v) is 10.9. The van der Waals surface area contributed by atoms with E-state index in [1.165, 1.54) is 5.56 Å². The van der Waals surface area contributed by atoms with Crippen molar-refractivity contribution in [2.75, 3.05) is 13.2 Å². The van der Waals surface area contributed by atoms with Crippen LogP contribution in [0.3, 0.4) is 0 Å². The molecular formula is C32H44O7. The minimum absolute atomic E-state index is 0.00157. The summed E-state index contributed by atoms with van der Waals surface area (Å²) >= 11 is 0. The topological polar surface area (TPSA) is 91.3 Å². The molecule has 1 N–H and O–H groups in total. The van der Waals surface area contributed by atoms with E-state index >= 15 is 0 Å². The lowest BCUT2D eigenvalue weighted by Gasteiger charge is -2.29. The predicted octanol–water partition coefficient (Wildman–Crippen LogP) is 6.02. The number of carbonyl (C=O) groups is 2. The number of ketones is 1. The van der Waals surface area contributed by atoms with Crippen molar-refractivity contribution < 1.29 is 33.6 Å². The summed E-state index contributed by atoms with van der Waals surface area (Å²) in [6.45, 7) is 1.42. The van der Waals surface area contributed by atoms with Gasteiger partial charge in [0.25, 0.3) is 0 Å². The molecule has 3 aliphatic rings. The predicted molar refractivity (Wildman–Crippen MR) is 148 cm³/mol. The average Bonchev–Trinajstić information content (AvgIpc) is 3.24. The zero-order valence-corrected chi connectivity index (χ0v) is 23.0. The van der Waals surface area contributed by atoms with Gasteiger partial charge in [0.2, 0.25) is 0 Å². The molecule has 0 aromatic heterocycles. The average molecular weight is 541 g/mol. The van der Waals surface area contributed by atoms with Crippen molar-refractivity contribution in [2.45, 2.75) is 102 Å². The number of carbonyl (C=O) groups excluding carboxylic acids is 1. The normalized spacial score (nSPS) is 28.8. The van der Waals surface area contributed by atoms with Gasteiger partial charge in [0, 0.05) is 44.3 Å². The van der Waals surface area contributed by atoms with Gasteiger partial charge in [-0.05, 0) is 63.4 Å². The van der Waals surface area contributed by atoms with E-state index in [2.05, 4.69) is 24.3 Å².